The lowest BCUT2D eigenvalue weighted by molar-refractivity contribution is -0.384. The Bertz CT molecular complexity index is 763. The van der Waals surface area contributed by atoms with E-state index in [4.69, 9.17) is 0 Å². The standard InChI is InChI=1S/C16H15N3O4/c1-17-10-18(13-8-7-12(19(22)23)9-14(13)17)15(16(20)21)11-5-3-2-4-6-11/h2-9,15H,10H2,1H3,(H,20,21). The average Bonchev–Trinajstić information content (AvgIpc) is 2.85. The van der Waals surface area contributed by atoms with Gasteiger partial charge in [-0.2, -0.15) is 0 Å². The van der Waals surface area contributed by atoms with Gasteiger partial charge in [0.1, 0.15) is 0 Å². The van der Waals surface area contributed by atoms with Crippen molar-refractivity contribution in [3.63, 3.8) is 0 Å². The Labute approximate surface area is 132 Å². The van der Waals surface area contributed by atoms with Crippen molar-refractivity contribution in [1.82, 2.24) is 0 Å². The van der Waals surface area contributed by atoms with E-state index in [0.717, 1.165) is 0 Å². The van der Waals surface area contributed by atoms with Gasteiger partial charge in [0.05, 0.1) is 23.0 Å². The molecule has 1 aliphatic rings. The molecule has 0 fully saturated rings. The topological polar surface area (TPSA) is 86.9 Å². The number of carboxylic acids is 1. The van der Waals surface area contributed by atoms with Gasteiger partial charge in [0, 0.05) is 19.2 Å². The van der Waals surface area contributed by atoms with E-state index in [1.54, 1.807) is 47.2 Å². The number of nitrogens with zero attached hydrogens (tertiary/aromatic N) is 3. The molecule has 118 valence electrons. The molecular formula is C16H15N3O4. The number of rotatable bonds is 4. The maximum Gasteiger partial charge on any atom is 0.331 e. The van der Waals surface area contributed by atoms with Crippen molar-refractivity contribution in [1.29, 1.82) is 0 Å². The molecule has 0 saturated carbocycles. The van der Waals surface area contributed by atoms with Crippen molar-refractivity contribution in [2.75, 3.05) is 23.5 Å². The van der Waals surface area contributed by atoms with Crippen LogP contribution >= 0.6 is 0 Å². The molecule has 0 spiro atoms. The van der Waals surface area contributed by atoms with Crippen LogP contribution in [-0.2, 0) is 4.79 Å². The molecule has 0 amide bonds. The number of nitro groups is 1. The van der Waals surface area contributed by atoms with Crippen LogP contribution in [0.15, 0.2) is 48.5 Å². The van der Waals surface area contributed by atoms with Crippen LogP contribution in [0.4, 0.5) is 17.1 Å². The number of fused-ring (bicyclic) bond motifs is 1. The van der Waals surface area contributed by atoms with E-state index in [0.29, 0.717) is 23.6 Å². The Morgan fingerprint density at radius 3 is 2.52 bits per heavy atom. The summed E-state index contributed by atoms with van der Waals surface area (Å²) in [5.41, 5.74) is 1.99. The Kier molecular flexibility index (Phi) is 3.61. The van der Waals surface area contributed by atoms with Gasteiger partial charge in [-0.05, 0) is 11.6 Å². The summed E-state index contributed by atoms with van der Waals surface area (Å²) in [4.78, 5) is 25.8. The predicted molar refractivity (Wildman–Crippen MR) is 85.7 cm³/mol. The highest BCUT2D eigenvalue weighted by Gasteiger charge is 2.35. The Morgan fingerprint density at radius 1 is 1.22 bits per heavy atom. The van der Waals surface area contributed by atoms with Gasteiger partial charge in [0.15, 0.2) is 6.04 Å². The van der Waals surface area contributed by atoms with Crippen LogP contribution in [0, 0.1) is 10.1 Å². The lowest BCUT2D eigenvalue weighted by Crippen LogP contribution is -2.36. The Morgan fingerprint density at radius 2 is 1.91 bits per heavy atom. The number of anilines is 2. The number of aliphatic carboxylic acids is 1. The molecule has 7 nitrogen and oxygen atoms in total. The number of hydrogen-bond acceptors (Lipinski definition) is 5. The van der Waals surface area contributed by atoms with E-state index in [1.807, 2.05) is 6.07 Å². The number of benzene rings is 2. The molecule has 23 heavy (non-hydrogen) atoms. The molecule has 1 atom stereocenters. The highest BCUT2D eigenvalue weighted by atomic mass is 16.6. The lowest BCUT2D eigenvalue weighted by Gasteiger charge is -2.27. The van der Waals surface area contributed by atoms with Gasteiger partial charge in [0.25, 0.3) is 5.69 Å². The van der Waals surface area contributed by atoms with E-state index >= 15 is 0 Å². The third-order valence-corrected chi connectivity index (χ3v) is 3.92. The van der Waals surface area contributed by atoms with Crippen LogP contribution in [0.5, 0.6) is 0 Å². The van der Waals surface area contributed by atoms with Gasteiger partial charge in [-0.15, -0.1) is 0 Å². The van der Waals surface area contributed by atoms with Gasteiger partial charge in [0.2, 0.25) is 0 Å². The number of carbonyl (C=O) groups is 1. The Balaban J connectivity index is 2.05. The van der Waals surface area contributed by atoms with E-state index in [9.17, 15) is 20.0 Å². The van der Waals surface area contributed by atoms with Crippen LogP contribution < -0.4 is 9.80 Å². The normalized spacial score (nSPS) is 14.5. The summed E-state index contributed by atoms with van der Waals surface area (Å²) in [6, 6.07) is 12.6. The maximum atomic E-state index is 11.8. The molecule has 7 heteroatoms. The molecule has 1 heterocycles. The molecular weight excluding hydrogens is 298 g/mol. The minimum Gasteiger partial charge on any atom is -0.479 e. The van der Waals surface area contributed by atoms with Crippen molar-refractivity contribution in [2.24, 2.45) is 0 Å². The number of carboxylic acid groups (broad SMARTS) is 1. The summed E-state index contributed by atoms with van der Waals surface area (Å²) < 4.78 is 0. The Hall–Kier alpha value is -3.09. The molecule has 3 rings (SSSR count). The SMILES string of the molecule is CN1CN(C(C(=O)O)c2ccccc2)c2ccc([N+](=O)[O-])cc21. The first kappa shape index (κ1) is 14.8. The minimum absolute atomic E-state index is 0.0102. The van der Waals surface area contributed by atoms with Crippen LogP contribution in [0.25, 0.3) is 0 Å². The number of non-ortho nitro benzene ring substituents is 1. The first-order valence-corrected chi connectivity index (χ1v) is 7.03. The number of nitro benzene ring substituents is 1. The summed E-state index contributed by atoms with van der Waals surface area (Å²) in [6.45, 7) is 0.350. The zero-order chi connectivity index (χ0) is 16.6. The third kappa shape index (κ3) is 2.57. The fourth-order valence-corrected chi connectivity index (χ4v) is 2.87. The molecule has 1 aliphatic heterocycles. The second-order valence-electron chi connectivity index (χ2n) is 5.39. The van der Waals surface area contributed by atoms with Crippen molar-refractivity contribution in [3.8, 4) is 0 Å². The fraction of sp³-hybridized carbons (Fsp3) is 0.188. The molecule has 0 bridgehead atoms. The molecule has 1 N–H and O–H groups in total. The smallest absolute Gasteiger partial charge is 0.331 e. The lowest BCUT2D eigenvalue weighted by atomic mass is 10.1. The third-order valence-electron chi connectivity index (χ3n) is 3.92. The molecule has 0 aromatic heterocycles. The highest BCUT2D eigenvalue weighted by Crippen LogP contribution is 2.41. The first-order chi connectivity index (χ1) is 11.0. The molecule has 2 aromatic carbocycles. The van der Waals surface area contributed by atoms with E-state index in [2.05, 4.69) is 0 Å². The zero-order valence-electron chi connectivity index (χ0n) is 12.4. The van der Waals surface area contributed by atoms with Gasteiger partial charge in [-0.1, -0.05) is 30.3 Å². The van der Waals surface area contributed by atoms with Crippen molar-refractivity contribution < 1.29 is 14.8 Å². The fourth-order valence-electron chi connectivity index (χ4n) is 2.87. The predicted octanol–water partition coefficient (Wildman–Crippen LogP) is 2.63. The molecule has 0 aliphatic carbocycles. The summed E-state index contributed by atoms with van der Waals surface area (Å²) in [5, 5.41) is 20.6. The molecule has 1 unspecified atom stereocenters. The van der Waals surface area contributed by atoms with Gasteiger partial charge in [-0.25, -0.2) is 4.79 Å². The highest BCUT2D eigenvalue weighted by molar-refractivity contribution is 5.86. The van der Waals surface area contributed by atoms with Crippen LogP contribution in [0.3, 0.4) is 0 Å². The van der Waals surface area contributed by atoms with Crippen molar-refractivity contribution in [2.45, 2.75) is 6.04 Å². The van der Waals surface area contributed by atoms with E-state index < -0.39 is 16.9 Å². The second-order valence-corrected chi connectivity index (χ2v) is 5.39. The van der Waals surface area contributed by atoms with E-state index in [-0.39, 0.29) is 5.69 Å². The van der Waals surface area contributed by atoms with Crippen molar-refractivity contribution >= 4 is 23.0 Å². The van der Waals surface area contributed by atoms with Crippen LogP contribution in [-0.4, -0.2) is 29.7 Å². The largest absolute Gasteiger partial charge is 0.479 e. The monoisotopic (exact) mass is 313 g/mol. The summed E-state index contributed by atoms with van der Waals surface area (Å²) in [6.07, 6.45) is 0. The molecule has 2 aromatic rings. The van der Waals surface area contributed by atoms with Crippen LogP contribution in [0.2, 0.25) is 0 Å². The zero-order valence-corrected chi connectivity index (χ0v) is 12.4. The average molecular weight is 313 g/mol. The quantitative estimate of drug-likeness (QED) is 0.689. The first-order valence-electron chi connectivity index (χ1n) is 7.03. The van der Waals surface area contributed by atoms with Gasteiger partial charge < -0.3 is 14.9 Å². The van der Waals surface area contributed by atoms with E-state index in [1.165, 1.54) is 12.1 Å². The second kappa shape index (κ2) is 5.60. The van der Waals surface area contributed by atoms with Gasteiger partial charge in [-0.3, -0.25) is 10.1 Å². The van der Waals surface area contributed by atoms with Crippen molar-refractivity contribution in [3.05, 3.63) is 64.2 Å². The summed E-state index contributed by atoms with van der Waals surface area (Å²) in [5.74, 6) is -0.962. The molecule has 0 radical (unpaired) electrons. The summed E-state index contributed by atoms with van der Waals surface area (Å²) >= 11 is 0. The maximum absolute atomic E-state index is 11.8. The molecule has 0 saturated heterocycles. The number of hydrogen-bond donors (Lipinski definition) is 1. The van der Waals surface area contributed by atoms with Gasteiger partial charge >= 0.3 is 5.97 Å². The summed E-state index contributed by atoms with van der Waals surface area (Å²) in [7, 11) is 1.78. The minimum atomic E-state index is -0.962. The van der Waals surface area contributed by atoms with Crippen LogP contribution in [0.1, 0.15) is 11.6 Å².